The lowest BCUT2D eigenvalue weighted by Crippen LogP contribution is -2.29. The van der Waals surface area contributed by atoms with Gasteiger partial charge in [-0.3, -0.25) is 4.79 Å². The molecule has 0 saturated heterocycles. The first-order valence-electron chi connectivity index (χ1n) is 6.01. The lowest BCUT2D eigenvalue weighted by molar-refractivity contribution is -0.130. The zero-order valence-corrected chi connectivity index (χ0v) is 11.1. The van der Waals surface area contributed by atoms with Gasteiger partial charge in [-0.2, -0.15) is 0 Å². The predicted octanol–water partition coefficient (Wildman–Crippen LogP) is 0.859. The average Bonchev–Trinajstić information content (AvgIpc) is 2.73. The van der Waals surface area contributed by atoms with Gasteiger partial charge in [0, 0.05) is 32.4 Å². The van der Waals surface area contributed by atoms with Crippen molar-refractivity contribution in [2.24, 2.45) is 0 Å². The molecule has 0 fully saturated rings. The number of hydrogen-bond donors (Lipinski definition) is 1. The van der Waals surface area contributed by atoms with Crippen LogP contribution in [0.1, 0.15) is 26.5 Å². The first kappa shape index (κ1) is 13.7. The Balaban J connectivity index is 2.48. The quantitative estimate of drug-likeness (QED) is 0.799. The zero-order chi connectivity index (χ0) is 12.8. The minimum absolute atomic E-state index is 0.105. The smallest absolute Gasteiger partial charge is 0.242 e. The van der Waals surface area contributed by atoms with Crippen LogP contribution < -0.4 is 5.32 Å². The number of hydrogen-bond acceptors (Lipinski definition) is 3. The van der Waals surface area contributed by atoms with Crippen LogP contribution in [0.5, 0.6) is 0 Å². The van der Waals surface area contributed by atoms with Gasteiger partial charge < -0.3 is 14.8 Å². The van der Waals surface area contributed by atoms with Crippen molar-refractivity contribution in [3.8, 4) is 0 Å². The summed E-state index contributed by atoms with van der Waals surface area (Å²) in [6.45, 7) is 7.98. The first-order valence-corrected chi connectivity index (χ1v) is 6.01. The van der Waals surface area contributed by atoms with Crippen LogP contribution in [-0.2, 0) is 17.9 Å². The van der Waals surface area contributed by atoms with E-state index in [0.717, 1.165) is 18.8 Å². The Morgan fingerprint density at radius 1 is 1.59 bits per heavy atom. The maximum absolute atomic E-state index is 11.7. The normalized spacial score (nSPS) is 10.9. The molecule has 5 nitrogen and oxygen atoms in total. The Hall–Kier alpha value is -1.36. The Morgan fingerprint density at radius 2 is 2.29 bits per heavy atom. The van der Waals surface area contributed by atoms with Crippen LogP contribution in [-0.4, -0.2) is 40.0 Å². The molecule has 17 heavy (non-hydrogen) atoms. The molecule has 1 rings (SSSR count). The summed E-state index contributed by atoms with van der Waals surface area (Å²) in [4.78, 5) is 17.6. The van der Waals surface area contributed by atoms with E-state index in [1.54, 1.807) is 18.3 Å². The highest BCUT2D eigenvalue weighted by Gasteiger charge is 2.08. The van der Waals surface area contributed by atoms with E-state index in [0.29, 0.717) is 12.6 Å². The highest BCUT2D eigenvalue weighted by molar-refractivity contribution is 5.75. The summed E-state index contributed by atoms with van der Waals surface area (Å²) in [7, 11) is 1.81. The molecule has 0 unspecified atom stereocenters. The van der Waals surface area contributed by atoms with E-state index in [1.807, 2.05) is 17.7 Å². The summed E-state index contributed by atoms with van der Waals surface area (Å²) >= 11 is 0. The third kappa shape index (κ3) is 4.56. The monoisotopic (exact) mass is 238 g/mol. The van der Waals surface area contributed by atoms with Gasteiger partial charge in [0.15, 0.2) is 0 Å². The number of nitrogens with one attached hydrogen (secondary N) is 1. The van der Waals surface area contributed by atoms with E-state index in [2.05, 4.69) is 24.1 Å². The van der Waals surface area contributed by atoms with Gasteiger partial charge in [0.2, 0.25) is 5.91 Å². The van der Waals surface area contributed by atoms with Crippen molar-refractivity contribution in [2.75, 3.05) is 13.6 Å². The molecule has 1 heterocycles. The molecule has 1 N–H and O–H groups in total. The Morgan fingerprint density at radius 3 is 2.88 bits per heavy atom. The molecule has 0 radical (unpaired) electrons. The van der Waals surface area contributed by atoms with Crippen LogP contribution in [0.3, 0.4) is 0 Å². The standard InChI is InChI=1S/C12H22N4O/c1-5-15(4)12(17)8-16-7-11(14-9-16)6-13-10(2)3/h7,9-10,13H,5-6,8H2,1-4H3. The van der Waals surface area contributed by atoms with Gasteiger partial charge in [-0.05, 0) is 6.92 Å². The summed E-state index contributed by atoms with van der Waals surface area (Å²) in [5.74, 6) is 0.105. The van der Waals surface area contributed by atoms with Gasteiger partial charge in [-0.15, -0.1) is 0 Å². The third-order valence-electron chi connectivity index (χ3n) is 2.60. The SMILES string of the molecule is CCN(C)C(=O)Cn1cnc(CNC(C)C)c1. The van der Waals surface area contributed by atoms with Crippen LogP contribution in [0.25, 0.3) is 0 Å². The van der Waals surface area contributed by atoms with Crippen molar-refractivity contribution < 1.29 is 4.79 Å². The van der Waals surface area contributed by atoms with Gasteiger partial charge in [0.25, 0.3) is 0 Å². The molecule has 0 aromatic carbocycles. The fraction of sp³-hybridized carbons (Fsp3) is 0.667. The minimum Gasteiger partial charge on any atom is -0.344 e. The second kappa shape index (κ2) is 6.39. The highest BCUT2D eigenvalue weighted by Crippen LogP contribution is 1.98. The van der Waals surface area contributed by atoms with Gasteiger partial charge in [-0.25, -0.2) is 4.98 Å². The first-order chi connectivity index (χ1) is 8.02. The summed E-state index contributed by atoms with van der Waals surface area (Å²) in [5.41, 5.74) is 0.964. The zero-order valence-electron chi connectivity index (χ0n) is 11.1. The average molecular weight is 238 g/mol. The lowest BCUT2D eigenvalue weighted by atomic mass is 10.3. The molecule has 0 bridgehead atoms. The van der Waals surface area contributed by atoms with E-state index >= 15 is 0 Å². The molecule has 5 heteroatoms. The van der Waals surface area contributed by atoms with Crippen LogP contribution in [0.2, 0.25) is 0 Å². The molecule has 0 saturated carbocycles. The molecule has 1 amide bonds. The molecular weight excluding hydrogens is 216 g/mol. The van der Waals surface area contributed by atoms with E-state index < -0.39 is 0 Å². The minimum atomic E-state index is 0.105. The number of rotatable bonds is 6. The predicted molar refractivity (Wildman–Crippen MR) is 67.5 cm³/mol. The number of carbonyl (C=O) groups excluding carboxylic acids is 1. The maximum Gasteiger partial charge on any atom is 0.242 e. The van der Waals surface area contributed by atoms with Crippen LogP contribution in [0.15, 0.2) is 12.5 Å². The third-order valence-corrected chi connectivity index (χ3v) is 2.60. The van der Waals surface area contributed by atoms with Crippen LogP contribution in [0.4, 0.5) is 0 Å². The largest absolute Gasteiger partial charge is 0.344 e. The van der Waals surface area contributed by atoms with Crippen molar-refractivity contribution in [1.29, 1.82) is 0 Å². The Kier molecular flexibility index (Phi) is 5.15. The number of nitrogens with zero attached hydrogens (tertiary/aromatic N) is 3. The van der Waals surface area contributed by atoms with Crippen molar-refractivity contribution in [1.82, 2.24) is 19.8 Å². The lowest BCUT2D eigenvalue weighted by Gasteiger charge is -2.14. The molecular formula is C12H22N4O. The fourth-order valence-corrected chi connectivity index (χ4v) is 1.35. The Bertz CT molecular complexity index is 359. The summed E-state index contributed by atoms with van der Waals surface area (Å²) in [5, 5.41) is 3.29. The van der Waals surface area contributed by atoms with Crippen molar-refractivity contribution in [3.63, 3.8) is 0 Å². The van der Waals surface area contributed by atoms with Gasteiger partial charge in [0.05, 0.1) is 12.0 Å². The number of carbonyl (C=O) groups is 1. The van der Waals surface area contributed by atoms with Crippen LogP contribution in [0, 0.1) is 0 Å². The van der Waals surface area contributed by atoms with E-state index in [9.17, 15) is 4.79 Å². The number of amides is 1. The molecule has 1 aromatic rings. The van der Waals surface area contributed by atoms with E-state index in [4.69, 9.17) is 0 Å². The number of imidazole rings is 1. The summed E-state index contributed by atoms with van der Waals surface area (Å²) < 4.78 is 1.83. The molecule has 0 aliphatic carbocycles. The summed E-state index contributed by atoms with van der Waals surface area (Å²) in [6.07, 6.45) is 3.62. The number of likely N-dealkylation sites (N-methyl/N-ethyl adjacent to an activating group) is 1. The van der Waals surface area contributed by atoms with E-state index in [1.165, 1.54) is 0 Å². The van der Waals surface area contributed by atoms with E-state index in [-0.39, 0.29) is 5.91 Å². The van der Waals surface area contributed by atoms with Crippen molar-refractivity contribution >= 4 is 5.91 Å². The van der Waals surface area contributed by atoms with Gasteiger partial charge in [-0.1, -0.05) is 13.8 Å². The highest BCUT2D eigenvalue weighted by atomic mass is 16.2. The Labute approximate surface area is 103 Å². The van der Waals surface area contributed by atoms with Gasteiger partial charge >= 0.3 is 0 Å². The molecule has 1 aromatic heterocycles. The summed E-state index contributed by atoms with van der Waals surface area (Å²) in [6, 6.07) is 0.438. The number of aromatic nitrogens is 2. The molecule has 0 aliphatic heterocycles. The van der Waals surface area contributed by atoms with Crippen LogP contribution >= 0.6 is 0 Å². The second-order valence-electron chi connectivity index (χ2n) is 4.48. The second-order valence-corrected chi connectivity index (χ2v) is 4.48. The fourth-order valence-electron chi connectivity index (χ4n) is 1.35. The topological polar surface area (TPSA) is 50.2 Å². The molecule has 96 valence electrons. The maximum atomic E-state index is 11.7. The van der Waals surface area contributed by atoms with Crippen molar-refractivity contribution in [3.05, 3.63) is 18.2 Å². The molecule has 0 atom stereocenters. The van der Waals surface area contributed by atoms with Crippen molar-refractivity contribution in [2.45, 2.75) is 39.9 Å². The molecule has 0 aliphatic rings. The molecule has 0 spiro atoms. The van der Waals surface area contributed by atoms with Gasteiger partial charge in [0.1, 0.15) is 6.54 Å².